The van der Waals surface area contributed by atoms with Crippen LogP contribution in [0.15, 0.2) is 73.2 Å². The van der Waals surface area contributed by atoms with Gasteiger partial charge in [-0.3, -0.25) is 20.9 Å². The molecule has 0 spiro atoms. The van der Waals surface area contributed by atoms with Crippen LogP contribution in [0, 0.1) is 33.5 Å². The van der Waals surface area contributed by atoms with E-state index in [1.54, 1.807) is 13.0 Å². The molecule has 53 heavy (non-hydrogen) atoms. The largest absolute Gasteiger partial charge is 0.369 e. The minimum atomic E-state index is -0.118. The van der Waals surface area contributed by atoms with Crippen LogP contribution in [0.25, 0.3) is 0 Å². The van der Waals surface area contributed by atoms with E-state index in [1.807, 2.05) is 44.6 Å². The third kappa shape index (κ3) is 13.2. The molecule has 0 radical (unpaired) electrons. The van der Waals surface area contributed by atoms with Gasteiger partial charge in [-0.2, -0.15) is 0 Å². The summed E-state index contributed by atoms with van der Waals surface area (Å²) in [6.07, 6.45) is 13.3. The molecule has 0 bridgehead atoms. The van der Waals surface area contributed by atoms with Crippen molar-refractivity contribution in [2.45, 2.75) is 66.2 Å². The summed E-state index contributed by atoms with van der Waals surface area (Å²) in [5.74, 6) is 0.730. The van der Waals surface area contributed by atoms with Gasteiger partial charge in [0.15, 0.2) is 0 Å². The van der Waals surface area contributed by atoms with Gasteiger partial charge in [-0.1, -0.05) is 23.8 Å². The molecule has 0 atom stereocenters. The SMILES string of the molecule is Cc1ccc(N2CCCNC2)cc1.Cc1ccc(N2CCCNC2)cc1F.Cc1ccc(N2CCCNC2)cn1.Cc1ncc(N2CCCCC2)cn1. The van der Waals surface area contributed by atoms with E-state index in [0.717, 1.165) is 89.4 Å². The third-order valence-electron chi connectivity index (χ3n) is 9.92. The lowest BCUT2D eigenvalue weighted by molar-refractivity contribution is 0.550. The number of halogens is 1. The van der Waals surface area contributed by atoms with E-state index in [4.69, 9.17) is 0 Å². The minimum Gasteiger partial charge on any atom is -0.369 e. The number of hydrogen-bond donors (Lipinski definition) is 3. The minimum absolute atomic E-state index is 0.118. The highest BCUT2D eigenvalue weighted by atomic mass is 19.1. The average molecular weight is 725 g/mol. The van der Waals surface area contributed by atoms with Crippen molar-refractivity contribution in [2.24, 2.45) is 0 Å². The molecule has 3 N–H and O–H groups in total. The number of piperidine rings is 1. The number of rotatable bonds is 4. The third-order valence-corrected chi connectivity index (χ3v) is 9.92. The molecule has 8 rings (SSSR count). The van der Waals surface area contributed by atoms with Crippen molar-refractivity contribution in [2.75, 3.05) is 92.0 Å². The van der Waals surface area contributed by atoms with Crippen LogP contribution in [0.3, 0.4) is 0 Å². The Morgan fingerprint density at radius 1 is 0.491 bits per heavy atom. The predicted molar refractivity (Wildman–Crippen MR) is 219 cm³/mol. The molecule has 286 valence electrons. The van der Waals surface area contributed by atoms with Crippen molar-refractivity contribution in [1.82, 2.24) is 30.9 Å². The Labute approximate surface area is 317 Å². The Kier molecular flexibility index (Phi) is 16.1. The normalized spacial score (nSPS) is 17.4. The molecule has 0 aliphatic carbocycles. The lowest BCUT2D eigenvalue weighted by Gasteiger charge is -2.29. The van der Waals surface area contributed by atoms with Gasteiger partial charge in [0, 0.05) is 49.8 Å². The number of pyridine rings is 1. The van der Waals surface area contributed by atoms with Crippen LogP contribution in [0.2, 0.25) is 0 Å². The summed E-state index contributed by atoms with van der Waals surface area (Å²) in [5, 5.41) is 9.99. The van der Waals surface area contributed by atoms with E-state index in [1.165, 1.54) is 61.3 Å². The number of aryl methyl sites for hydroxylation is 4. The van der Waals surface area contributed by atoms with E-state index in [0.29, 0.717) is 5.56 Å². The zero-order valence-corrected chi connectivity index (χ0v) is 32.5. The molecular weight excluding hydrogens is 664 g/mol. The molecule has 6 heterocycles. The van der Waals surface area contributed by atoms with Gasteiger partial charge in [0.05, 0.1) is 50.0 Å². The van der Waals surface area contributed by atoms with Crippen molar-refractivity contribution in [3.8, 4) is 0 Å². The first-order valence-electron chi connectivity index (χ1n) is 19.5. The van der Waals surface area contributed by atoms with Gasteiger partial charge in [-0.15, -0.1) is 0 Å². The summed E-state index contributed by atoms with van der Waals surface area (Å²) in [6.45, 7) is 19.6. The van der Waals surface area contributed by atoms with Crippen molar-refractivity contribution >= 4 is 22.7 Å². The van der Waals surface area contributed by atoms with Gasteiger partial charge >= 0.3 is 0 Å². The van der Waals surface area contributed by atoms with Gasteiger partial charge in [-0.05, 0) is 128 Å². The monoisotopic (exact) mass is 725 g/mol. The van der Waals surface area contributed by atoms with Crippen LogP contribution in [0.4, 0.5) is 27.1 Å². The summed E-state index contributed by atoms with van der Waals surface area (Å²) >= 11 is 0. The van der Waals surface area contributed by atoms with Gasteiger partial charge in [0.1, 0.15) is 11.6 Å². The van der Waals surface area contributed by atoms with Crippen molar-refractivity contribution in [1.29, 1.82) is 0 Å². The van der Waals surface area contributed by atoms with E-state index < -0.39 is 0 Å². The Morgan fingerprint density at radius 2 is 0.981 bits per heavy atom. The predicted octanol–water partition coefficient (Wildman–Crippen LogP) is 6.57. The number of aromatic nitrogens is 3. The maximum atomic E-state index is 13.3. The van der Waals surface area contributed by atoms with Gasteiger partial charge in [0.2, 0.25) is 0 Å². The average Bonchev–Trinajstić information content (AvgIpc) is 3.22. The fraction of sp³-hybridized carbons (Fsp3) is 0.500. The van der Waals surface area contributed by atoms with Gasteiger partial charge < -0.3 is 19.6 Å². The number of benzene rings is 2. The highest BCUT2D eigenvalue weighted by Gasteiger charge is 2.13. The molecule has 0 amide bonds. The molecule has 4 aliphatic rings. The second-order valence-electron chi connectivity index (χ2n) is 14.3. The zero-order valence-electron chi connectivity index (χ0n) is 32.5. The molecule has 4 saturated heterocycles. The summed E-state index contributed by atoms with van der Waals surface area (Å²) in [4.78, 5) is 21.9. The smallest absolute Gasteiger partial charge is 0.128 e. The lowest BCUT2D eigenvalue weighted by Crippen LogP contribution is -2.41. The second-order valence-corrected chi connectivity index (χ2v) is 14.3. The molecular formula is C42H61FN10. The Balaban J connectivity index is 0.000000136. The molecule has 4 aliphatic heterocycles. The second kappa shape index (κ2) is 21.4. The van der Waals surface area contributed by atoms with E-state index >= 15 is 0 Å². The molecule has 11 heteroatoms. The Morgan fingerprint density at radius 3 is 1.49 bits per heavy atom. The molecule has 0 unspecified atom stereocenters. The molecule has 4 fully saturated rings. The summed E-state index contributed by atoms with van der Waals surface area (Å²) in [6, 6.07) is 18.4. The van der Waals surface area contributed by atoms with E-state index in [9.17, 15) is 4.39 Å². The highest BCUT2D eigenvalue weighted by Crippen LogP contribution is 2.20. The maximum Gasteiger partial charge on any atom is 0.128 e. The fourth-order valence-corrected chi connectivity index (χ4v) is 6.61. The highest BCUT2D eigenvalue weighted by molar-refractivity contribution is 5.49. The van der Waals surface area contributed by atoms with Gasteiger partial charge in [0.25, 0.3) is 0 Å². The van der Waals surface area contributed by atoms with Crippen LogP contribution < -0.4 is 35.6 Å². The van der Waals surface area contributed by atoms with Crippen LogP contribution in [0.1, 0.15) is 61.2 Å². The summed E-state index contributed by atoms with van der Waals surface area (Å²) < 4.78 is 13.3. The number of hydrogen-bond acceptors (Lipinski definition) is 10. The first-order chi connectivity index (χ1) is 25.9. The number of nitrogens with one attached hydrogen (secondary N) is 3. The number of nitrogens with zero attached hydrogens (tertiary/aromatic N) is 7. The van der Waals surface area contributed by atoms with Crippen LogP contribution in [-0.2, 0) is 0 Å². The quantitative estimate of drug-likeness (QED) is 0.215. The van der Waals surface area contributed by atoms with Crippen LogP contribution in [0.5, 0.6) is 0 Å². The summed E-state index contributed by atoms with van der Waals surface area (Å²) in [5.41, 5.74) is 7.81. The summed E-state index contributed by atoms with van der Waals surface area (Å²) in [7, 11) is 0. The van der Waals surface area contributed by atoms with Crippen LogP contribution in [-0.4, -0.2) is 87.3 Å². The topological polar surface area (TPSA) is 87.7 Å². The first-order valence-corrected chi connectivity index (χ1v) is 19.5. The van der Waals surface area contributed by atoms with Gasteiger partial charge in [-0.25, -0.2) is 14.4 Å². The lowest BCUT2D eigenvalue weighted by atomic mass is 10.1. The Hall–Kier alpha value is -4.32. The van der Waals surface area contributed by atoms with Crippen molar-refractivity contribution < 1.29 is 4.39 Å². The molecule has 2 aromatic carbocycles. The first kappa shape index (κ1) is 39.9. The van der Waals surface area contributed by atoms with Crippen LogP contribution >= 0.6 is 0 Å². The van der Waals surface area contributed by atoms with E-state index in [-0.39, 0.29) is 5.82 Å². The van der Waals surface area contributed by atoms with Crippen molar-refractivity contribution in [3.05, 3.63) is 102 Å². The molecule has 4 aromatic rings. The molecule has 10 nitrogen and oxygen atoms in total. The fourth-order valence-electron chi connectivity index (χ4n) is 6.61. The van der Waals surface area contributed by atoms with Crippen molar-refractivity contribution in [3.63, 3.8) is 0 Å². The zero-order chi connectivity index (χ0) is 37.3. The molecule has 2 aromatic heterocycles. The number of anilines is 4. The molecule has 0 saturated carbocycles. The van der Waals surface area contributed by atoms with E-state index in [2.05, 4.69) is 93.8 Å². The maximum absolute atomic E-state index is 13.3. The Bertz CT molecular complexity index is 1450. The standard InChI is InChI=1S/C11H15FN2.C11H16N2.2C10H15N3/c1-9-3-4-10(7-11(9)12)14-6-2-5-13-8-14;1-10-3-5-11(6-4-10)13-8-2-7-12-9-13;1-9-3-4-10(7-12-9)13-6-2-5-11-8-13;1-9-11-7-10(8-12-9)13-5-3-2-4-6-13/h3-4,7,13H,2,5-6,8H2,1H3;3-6,12H,2,7-9H2,1H3;3-4,7,11H,2,5-6,8H2,1H3;7-8H,2-6H2,1H3.